The zero-order chi connectivity index (χ0) is 12.6. The summed E-state index contributed by atoms with van der Waals surface area (Å²) in [6.07, 6.45) is 4.91. The van der Waals surface area contributed by atoms with E-state index in [1.54, 1.807) is 0 Å². The topological polar surface area (TPSA) is 38.0 Å². The van der Waals surface area contributed by atoms with Gasteiger partial charge in [-0.05, 0) is 31.2 Å². The Balaban J connectivity index is 1.58. The fraction of sp³-hybridized carbons (Fsp3) is 0.600. The van der Waals surface area contributed by atoms with Crippen molar-refractivity contribution in [3.05, 3.63) is 35.9 Å². The molecule has 0 heterocycles. The van der Waals surface area contributed by atoms with Crippen LogP contribution in [-0.2, 0) is 5.67 Å². The van der Waals surface area contributed by atoms with Crippen LogP contribution in [0.4, 0.5) is 4.39 Å². The molecule has 1 aromatic rings. The molecule has 2 atom stereocenters. The first-order chi connectivity index (χ1) is 8.68. The second kappa shape index (κ2) is 4.63. The standard InChI is InChI=1S/C15H21FN2/c16-15(11-4-2-1-3-5-11)10-14(15)18-13-8-6-12(17)7-9-13/h1-5,12-14,18H,6-10,17H2/t12?,13?,14?,15-/m1/s1. The van der Waals surface area contributed by atoms with Gasteiger partial charge in [0.15, 0.2) is 5.67 Å². The Morgan fingerprint density at radius 3 is 2.44 bits per heavy atom. The lowest BCUT2D eigenvalue weighted by molar-refractivity contribution is 0.267. The number of benzene rings is 1. The van der Waals surface area contributed by atoms with Crippen LogP contribution in [0, 0.1) is 0 Å². The number of hydrogen-bond donors (Lipinski definition) is 2. The van der Waals surface area contributed by atoms with E-state index < -0.39 is 5.67 Å². The monoisotopic (exact) mass is 248 g/mol. The number of halogens is 1. The maximum Gasteiger partial charge on any atom is 0.152 e. The van der Waals surface area contributed by atoms with E-state index in [-0.39, 0.29) is 6.04 Å². The third-order valence-electron chi connectivity index (χ3n) is 4.36. The van der Waals surface area contributed by atoms with Gasteiger partial charge in [0.05, 0.1) is 0 Å². The molecule has 2 aliphatic rings. The minimum Gasteiger partial charge on any atom is -0.328 e. The molecule has 2 fully saturated rings. The first-order valence-corrected chi connectivity index (χ1v) is 6.94. The molecule has 3 heteroatoms. The van der Waals surface area contributed by atoms with Crippen molar-refractivity contribution in [2.24, 2.45) is 5.73 Å². The second-order valence-electron chi connectivity index (χ2n) is 5.76. The average molecular weight is 248 g/mol. The van der Waals surface area contributed by atoms with Gasteiger partial charge in [0.25, 0.3) is 0 Å². The van der Waals surface area contributed by atoms with Crippen molar-refractivity contribution in [1.82, 2.24) is 5.32 Å². The molecule has 1 aromatic carbocycles. The van der Waals surface area contributed by atoms with Gasteiger partial charge in [0.1, 0.15) is 0 Å². The van der Waals surface area contributed by atoms with Gasteiger partial charge in [-0.3, -0.25) is 0 Å². The number of nitrogens with one attached hydrogen (secondary N) is 1. The van der Waals surface area contributed by atoms with Crippen molar-refractivity contribution in [3.63, 3.8) is 0 Å². The Kier molecular flexibility index (Phi) is 3.12. The van der Waals surface area contributed by atoms with E-state index in [0.717, 1.165) is 31.2 Å². The third kappa shape index (κ3) is 2.29. The minimum atomic E-state index is -1.14. The lowest BCUT2D eigenvalue weighted by Gasteiger charge is -2.27. The highest BCUT2D eigenvalue weighted by Crippen LogP contribution is 2.50. The summed E-state index contributed by atoms with van der Waals surface area (Å²) in [7, 11) is 0. The van der Waals surface area contributed by atoms with Crippen LogP contribution in [0.15, 0.2) is 30.3 Å². The summed E-state index contributed by atoms with van der Waals surface area (Å²) >= 11 is 0. The van der Waals surface area contributed by atoms with Gasteiger partial charge in [-0.1, -0.05) is 30.3 Å². The summed E-state index contributed by atoms with van der Waals surface area (Å²) in [4.78, 5) is 0. The van der Waals surface area contributed by atoms with Gasteiger partial charge in [-0.25, -0.2) is 4.39 Å². The molecule has 0 aromatic heterocycles. The van der Waals surface area contributed by atoms with Crippen LogP contribution in [0.25, 0.3) is 0 Å². The smallest absolute Gasteiger partial charge is 0.152 e. The lowest BCUT2D eigenvalue weighted by Crippen LogP contribution is -2.40. The van der Waals surface area contributed by atoms with Crippen LogP contribution in [-0.4, -0.2) is 18.1 Å². The summed E-state index contributed by atoms with van der Waals surface area (Å²) in [5.41, 5.74) is 5.56. The van der Waals surface area contributed by atoms with E-state index in [1.165, 1.54) is 0 Å². The zero-order valence-electron chi connectivity index (χ0n) is 10.6. The molecule has 2 nitrogen and oxygen atoms in total. The normalized spacial score (nSPS) is 39.6. The van der Waals surface area contributed by atoms with Gasteiger partial charge < -0.3 is 11.1 Å². The molecule has 3 rings (SSSR count). The Labute approximate surface area is 108 Å². The molecule has 1 unspecified atom stereocenters. The second-order valence-corrected chi connectivity index (χ2v) is 5.76. The number of nitrogens with two attached hydrogens (primary N) is 1. The van der Waals surface area contributed by atoms with Gasteiger partial charge in [0.2, 0.25) is 0 Å². The van der Waals surface area contributed by atoms with Crippen molar-refractivity contribution in [3.8, 4) is 0 Å². The molecular formula is C15H21FN2. The molecule has 98 valence electrons. The van der Waals surface area contributed by atoms with Crippen LogP contribution in [0.5, 0.6) is 0 Å². The summed E-state index contributed by atoms with van der Waals surface area (Å²) < 4.78 is 14.6. The van der Waals surface area contributed by atoms with Gasteiger partial charge in [-0.2, -0.15) is 0 Å². The molecule has 0 aliphatic heterocycles. The SMILES string of the molecule is NC1CCC(NC2C[C@@]2(F)c2ccccc2)CC1. The lowest BCUT2D eigenvalue weighted by atomic mass is 9.91. The van der Waals surface area contributed by atoms with Crippen LogP contribution in [0.1, 0.15) is 37.7 Å². The van der Waals surface area contributed by atoms with Crippen molar-refractivity contribution >= 4 is 0 Å². The van der Waals surface area contributed by atoms with Gasteiger partial charge >= 0.3 is 0 Å². The van der Waals surface area contributed by atoms with Crippen LogP contribution >= 0.6 is 0 Å². The van der Waals surface area contributed by atoms with E-state index in [2.05, 4.69) is 5.32 Å². The highest BCUT2D eigenvalue weighted by molar-refractivity contribution is 5.32. The Morgan fingerprint density at radius 2 is 1.78 bits per heavy atom. The summed E-state index contributed by atoms with van der Waals surface area (Å²) in [5.74, 6) is 0. The first kappa shape index (κ1) is 12.1. The van der Waals surface area contributed by atoms with Crippen LogP contribution in [0.3, 0.4) is 0 Å². The molecule has 0 saturated heterocycles. The number of hydrogen-bond acceptors (Lipinski definition) is 2. The van der Waals surface area contributed by atoms with Crippen LogP contribution in [0.2, 0.25) is 0 Å². The van der Waals surface area contributed by atoms with E-state index in [9.17, 15) is 4.39 Å². The predicted octanol–water partition coefficient (Wildman–Crippen LogP) is 2.48. The van der Waals surface area contributed by atoms with Crippen molar-refractivity contribution in [1.29, 1.82) is 0 Å². The Bertz CT molecular complexity index is 400. The average Bonchev–Trinajstić information content (AvgIpc) is 3.05. The first-order valence-electron chi connectivity index (χ1n) is 6.94. The van der Waals surface area contributed by atoms with Gasteiger partial charge in [-0.15, -0.1) is 0 Å². The molecule has 18 heavy (non-hydrogen) atoms. The molecule has 2 saturated carbocycles. The van der Waals surface area contributed by atoms with Crippen molar-refractivity contribution in [2.75, 3.05) is 0 Å². The van der Waals surface area contributed by atoms with E-state index in [0.29, 0.717) is 18.5 Å². The maximum absolute atomic E-state index is 14.6. The van der Waals surface area contributed by atoms with E-state index in [4.69, 9.17) is 5.73 Å². The molecular weight excluding hydrogens is 227 g/mol. The fourth-order valence-electron chi connectivity index (χ4n) is 3.03. The fourth-order valence-corrected chi connectivity index (χ4v) is 3.03. The largest absolute Gasteiger partial charge is 0.328 e. The number of alkyl halides is 1. The molecule has 0 spiro atoms. The zero-order valence-corrected chi connectivity index (χ0v) is 10.6. The Morgan fingerprint density at radius 1 is 1.11 bits per heavy atom. The quantitative estimate of drug-likeness (QED) is 0.862. The maximum atomic E-state index is 14.6. The van der Waals surface area contributed by atoms with Crippen molar-refractivity contribution < 1.29 is 4.39 Å². The highest BCUT2D eigenvalue weighted by Gasteiger charge is 2.57. The number of rotatable bonds is 3. The molecule has 0 bridgehead atoms. The molecule has 3 N–H and O–H groups in total. The van der Waals surface area contributed by atoms with E-state index in [1.807, 2.05) is 30.3 Å². The van der Waals surface area contributed by atoms with Crippen LogP contribution < -0.4 is 11.1 Å². The van der Waals surface area contributed by atoms with Gasteiger partial charge in [0, 0.05) is 24.5 Å². The molecule has 0 radical (unpaired) electrons. The minimum absolute atomic E-state index is 0.000718. The predicted molar refractivity (Wildman–Crippen MR) is 71.0 cm³/mol. The molecule has 2 aliphatic carbocycles. The third-order valence-corrected chi connectivity index (χ3v) is 4.36. The summed E-state index contributed by atoms with van der Waals surface area (Å²) in [6, 6.07) is 10.3. The Hall–Kier alpha value is -0.930. The molecule has 0 amide bonds. The van der Waals surface area contributed by atoms with E-state index >= 15 is 0 Å². The summed E-state index contributed by atoms with van der Waals surface area (Å²) in [5, 5.41) is 3.47. The summed E-state index contributed by atoms with van der Waals surface area (Å²) in [6.45, 7) is 0. The van der Waals surface area contributed by atoms with Crippen molar-refractivity contribution in [2.45, 2.75) is 55.9 Å². The highest BCUT2D eigenvalue weighted by atomic mass is 19.1.